The Morgan fingerprint density at radius 2 is 1.00 bits per heavy atom. The van der Waals surface area contributed by atoms with Gasteiger partial charge in [-0.15, -0.1) is 0 Å². The first-order valence-electron chi connectivity index (χ1n) is 4.26. The molecule has 0 saturated heterocycles. The summed E-state index contributed by atoms with van der Waals surface area (Å²) in [6.07, 6.45) is 3.84. The first-order chi connectivity index (χ1) is 5.83. The number of aliphatic hydroxyl groups is 2. The fraction of sp³-hybridized carbons (Fsp3) is 1.00. The zero-order valence-corrected chi connectivity index (χ0v) is 9.23. The first kappa shape index (κ1) is 15.1. The summed E-state index contributed by atoms with van der Waals surface area (Å²) in [4.78, 5) is 0. The van der Waals surface area contributed by atoms with Crippen molar-refractivity contribution in [1.82, 2.24) is 0 Å². The van der Waals surface area contributed by atoms with Gasteiger partial charge in [0.2, 0.25) is 0 Å². The molecular weight excluding hydrogens is 192 g/mol. The first-order valence-corrected chi connectivity index (χ1v) is 5.53. The molecule has 0 fully saturated rings. The Hall–Kier alpha value is 0.620. The molecule has 0 atom stereocenters. The van der Waals surface area contributed by atoms with E-state index in [0.29, 0.717) is 13.2 Å². The normalized spacial score (nSPS) is 9.00. The fourth-order valence-electron chi connectivity index (χ4n) is 0.447. The molecule has 2 nitrogen and oxygen atoms in total. The molecule has 0 aliphatic carbocycles. The lowest BCUT2D eigenvalue weighted by molar-refractivity contribution is 0.287. The van der Waals surface area contributed by atoms with E-state index >= 15 is 0 Å². The highest BCUT2D eigenvalue weighted by Crippen LogP contribution is 1.87. The molecule has 0 bridgehead atoms. The van der Waals surface area contributed by atoms with E-state index in [2.05, 4.69) is 25.3 Å². The van der Waals surface area contributed by atoms with Crippen LogP contribution in [-0.4, -0.2) is 34.9 Å². The molecule has 76 valence electrons. The van der Waals surface area contributed by atoms with Crippen molar-refractivity contribution >= 4 is 25.3 Å². The Morgan fingerprint density at radius 3 is 1.08 bits per heavy atom. The van der Waals surface area contributed by atoms with E-state index in [1.807, 2.05) is 0 Å². The van der Waals surface area contributed by atoms with Crippen LogP contribution in [0.3, 0.4) is 0 Å². The molecule has 0 saturated carbocycles. The smallest absolute Gasteiger partial charge is 0.0431 e. The molecule has 0 radical (unpaired) electrons. The third-order valence-corrected chi connectivity index (χ3v) is 1.76. The summed E-state index contributed by atoms with van der Waals surface area (Å²) < 4.78 is 0. The largest absolute Gasteiger partial charge is 0.396 e. The van der Waals surface area contributed by atoms with Gasteiger partial charge in [0.25, 0.3) is 0 Å². The Balaban J connectivity index is 0. The Morgan fingerprint density at radius 1 is 0.667 bits per heavy atom. The van der Waals surface area contributed by atoms with Crippen molar-refractivity contribution in [2.24, 2.45) is 0 Å². The van der Waals surface area contributed by atoms with Crippen LogP contribution in [0.15, 0.2) is 0 Å². The van der Waals surface area contributed by atoms with E-state index in [9.17, 15) is 0 Å². The SMILES string of the molecule is OCCCCS.OCCCCS. The predicted octanol–water partition coefficient (Wildman–Crippen LogP) is 1.38. The van der Waals surface area contributed by atoms with E-state index < -0.39 is 0 Å². The molecule has 0 aromatic heterocycles. The second kappa shape index (κ2) is 17.6. The molecule has 0 aliphatic rings. The molecule has 0 heterocycles. The van der Waals surface area contributed by atoms with E-state index in [0.717, 1.165) is 37.2 Å². The molecule has 0 aliphatic heterocycles. The number of hydrogen-bond acceptors (Lipinski definition) is 4. The molecule has 0 aromatic carbocycles. The van der Waals surface area contributed by atoms with Crippen LogP contribution in [0.5, 0.6) is 0 Å². The number of rotatable bonds is 6. The van der Waals surface area contributed by atoms with Gasteiger partial charge in [0, 0.05) is 13.2 Å². The lowest BCUT2D eigenvalue weighted by Crippen LogP contribution is -1.81. The predicted molar refractivity (Wildman–Crippen MR) is 60.3 cm³/mol. The van der Waals surface area contributed by atoms with Crippen molar-refractivity contribution in [3.63, 3.8) is 0 Å². The molecule has 12 heavy (non-hydrogen) atoms. The van der Waals surface area contributed by atoms with Crippen LogP contribution < -0.4 is 0 Å². The summed E-state index contributed by atoms with van der Waals surface area (Å²) >= 11 is 7.89. The maximum Gasteiger partial charge on any atom is 0.0431 e. The number of hydrogen-bond donors (Lipinski definition) is 4. The zero-order chi connectivity index (χ0) is 9.66. The van der Waals surface area contributed by atoms with E-state index in [4.69, 9.17) is 10.2 Å². The van der Waals surface area contributed by atoms with Crippen molar-refractivity contribution < 1.29 is 10.2 Å². The van der Waals surface area contributed by atoms with Gasteiger partial charge < -0.3 is 10.2 Å². The van der Waals surface area contributed by atoms with Gasteiger partial charge in [0.05, 0.1) is 0 Å². The molecule has 0 rings (SSSR count). The van der Waals surface area contributed by atoms with Gasteiger partial charge in [0.1, 0.15) is 0 Å². The van der Waals surface area contributed by atoms with Crippen LogP contribution in [0.25, 0.3) is 0 Å². The number of aliphatic hydroxyl groups excluding tert-OH is 2. The molecular formula is C8H20O2S2. The van der Waals surface area contributed by atoms with Crippen LogP contribution in [-0.2, 0) is 0 Å². The quantitative estimate of drug-likeness (QED) is 0.397. The van der Waals surface area contributed by atoms with E-state index in [1.54, 1.807) is 0 Å². The molecule has 0 amide bonds. The highest BCUT2D eigenvalue weighted by atomic mass is 32.1. The third kappa shape index (κ3) is 22.4. The second-order valence-electron chi connectivity index (χ2n) is 2.31. The summed E-state index contributed by atoms with van der Waals surface area (Å²) in [6.45, 7) is 0.612. The molecule has 0 aromatic rings. The fourth-order valence-corrected chi connectivity index (χ4v) is 0.894. The van der Waals surface area contributed by atoms with Crippen molar-refractivity contribution in [3.8, 4) is 0 Å². The molecule has 2 N–H and O–H groups in total. The summed E-state index contributed by atoms with van der Waals surface area (Å²) in [5.41, 5.74) is 0. The maximum absolute atomic E-state index is 8.16. The van der Waals surface area contributed by atoms with E-state index in [-0.39, 0.29) is 0 Å². The van der Waals surface area contributed by atoms with Crippen molar-refractivity contribution in [1.29, 1.82) is 0 Å². The minimum atomic E-state index is 0.306. The Bertz CT molecular complexity index is 47.0. The highest BCUT2D eigenvalue weighted by Gasteiger charge is 1.77. The van der Waals surface area contributed by atoms with Crippen LogP contribution >= 0.6 is 25.3 Å². The molecule has 0 spiro atoms. The van der Waals surface area contributed by atoms with Gasteiger partial charge in [-0.3, -0.25) is 0 Å². The van der Waals surface area contributed by atoms with Crippen LogP contribution in [0, 0.1) is 0 Å². The lowest BCUT2D eigenvalue weighted by Gasteiger charge is -1.85. The van der Waals surface area contributed by atoms with E-state index in [1.165, 1.54) is 0 Å². The second-order valence-corrected chi connectivity index (χ2v) is 3.20. The van der Waals surface area contributed by atoms with Gasteiger partial charge in [-0.25, -0.2) is 0 Å². The Labute approximate surface area is 86.2 Å². The van der Waals surface area contributed by atoms with Crippen LogP contribution in [0.2, 0.25) is 0 Å². The lowest BCUT2D eigenvalue weighted by atomic mass is 10.4. The van der Waals surface area contributed by atoms with Gasteiger partial charge in [-0.1, -0.05) is 0 Å². The van der Waals surface area contributed by atoms with Gasteiger partial charge in [-0.05, 0) is 37.2 Å². The zero-order valence-electron chi connectivity index (χ0n) is 7.45. The summed E-state index contributed by atoms with van der Waals surface area (Å²) in [5.74, 6) is 1.78. The Kier molecular flexibility index (Phi) is 22.2. The van der Waals surface area contributed by atoms with Gasteiger partial charge in [-0.2, -0.15) is 25.3 Å². The molecule has 0 unspecified atom stereocenters. The molecule has 4 heteroatoms. The average molecular weight is 212 g/mol. The number of unbranched alkanes of at least 4 members (excludes halogenated alkanes) is 2. The van der Waals surface area contributed by atoms with Crippen molar-refractivity contribution in [3.05, 3.63) is 0 Å². The third-order valence-electron chi connectivity index (χ3n) is 1.13. The topological polar surface area (TPSA) is 40.5 Å². The van der Waals surface area contributed by atoms with Crippen molar-refractivity contribution in [2.75, 3.05) is 24.7 Å². The van der Waals surface area contributed by atoms with Gasteiger partial charge >= 0.3 is 0 Å². The van der Waals surface area contributed by atoms with Crippen LogP contribution in [0.4, 0.5) is 0 Å². The monoisotopic (exact) mass is 212 g/mol. The minimum absolute atomic E-state index is 0.306. The maximum atomic E-state index is 8.16. The van der Waals surface area contributed by atoms with Crippen LogP contribution in [0.1, 0.15) is 25.7 Å². The summed E-state index contributed by atoms with van der Waals surface area (Å²) in [5, 5.41) is 16.3. The minimum Gasteiger partial charge on any atom is -0.396 e. The summed E-state index contributed by atoms with van der Waals surface area (Å²) in [7, 11) is 0. The summed E-state index contributed by atoms with van der Waals surface area (Å²) in [6, 6.07) is 0. The highest BCUT2D eigenvalue weighted by molar-refractivity contribution is 7.80. The number of thiol groups is 2. The average Bonchev–Trinajstić information content (AvgIpc) is 2.12. The standard InChI is InChI=1S/2C4H10OS/c2*5-3-1-2-4-6/h2*5-6H,1-4H2. The van der Waals surface area contributed by atoms with Gasteiger partial charge in [0.15, 0.2) is 0 Å². The van der Waals surface area contributed by atoms with Crippen molar-refractivity contribution in [2.45, 2.75) is 25.7 Å².